The molecule has 2 aliphatic heterocycles. The highest BCUT2D eigenvalue weighted by atomic mass is 35.5. The van der Waals surface area contributed by atoms with Gasteiger partial charge in [-0.2, -0.15) is 5.26 Å². The van der Waals surface area contributed by atoms with Crippen LogP contribution in [0.2, 0.25) is 5.02 Å². The fourth-order valence-electron chi connectivity index (χ4n) is 4.42. The van der Waals surface area contributed by atoms with Crippen LogP contribution >= 0.6 is 11.6 Å². The Hall–Kier alpha value is -2.41. The number of piperidine rings is 1. The molecular weight excluding hydrogens is 467 g/mol. The van der Waals surface area contributed by atoms with E-state index in [9.17, 15) is 10.1 Å². The van der Waals surface area contributed by atoms with Gasteiger partial charge in [0.15, 0.2) is 0 Å². The summed E-state index contributed by atoms with van der Waals surface area (Å²) in [5.74, 6) is 0. The molecule has 1 aromatic carbocycles. The Morgan fingerprint density at radius 1 is 1.14 bits per heavy atom. The molecule has 8 nitrogen and oxygen atoms in total. The monoisotopic (exact) mass is 498 g/mol. The number of hydrogen-bond acceptors (Lipinski definition) is 7. The van der Waals surface area contributed by atoms with E-state index in [1.807, 2.05) is 54.5 Å². The van der Waals surface area contributed by atoms with E-state index < -0.39 is 29.3 Å². The lowest BCUT2D eigenvalue weighted by molar-refractivity contribution is 0.00578. The average Bonchev–Trinajstić information content (AvgIpc) is 2.98. The number of ether oxygens (including phenoxy) is 1. The largest absolute Gasteiger partial charge is 0.496 e. The van der Waals surface area contributed by atoms with Gasteiger partial charge in [0.05, 0.1) is 28.5 Å². The first-order valence-electron chi connectivity index (χ1n) is 11.9. The molecule has 0 aliphatic carbocycles. The van der Waals surface area contributed by atoms with Gasteiger partial charge in [-0.1, -0.05) is 11.6 Å². The van der Waals surface area contributed by atoms with Crippen molar-refractivity contribution in [2.75, 3.05) is 13.1 Å². The maximum atomic E-state index is 12.5. The van der Waals surface area contributed by atoms with Gasteiger partial charge in [-0.05, 0) is 73.4 Å². The van der Waals surface area contributed by atoms with Crippen LogP contribution in [0.1, 0.15) is 67.0 Å². The highest BCUT2D eigenvalue weighted by molar-refractivity contribution is 6.66. The molecule has 2 aliphatic rings. The van der Waals surface area contributed by atoms with Crippen LogP contribution in [-0.4, -0.2) is 58.0 Å². The minimum Gasteiger partial charge on any atom is -0.444 e. The van der Waals surface area contributed by atoms with E-state index in [0.29, 0.717) is 53.0 Å². The molecule has 1 aromatic heterocycles. The number of carbonyl (C=O) groups is 1. The Balaban J connectivity index is 1.65. The molecule has 186 valence electrons. The minimum absolute atomic E-state index is 0.369. The summed E-state index contributed by atoms with van der Waals surface area (Å²) in [7, 11) is -0.627. The Morgan fingerprint density at radius 2 is 1.74 bits per heavy atom. The van der Waals surface area contributed by atoms with Crippen molar-refractivity contribution in [2.45, 2.75) is 83.5 Å². The maximum Gasteiger partial charge on any atom is 0.496 e. The van der Waals surface area contributed by atoms with E-state index in [1.54, 1.807) is 11.0 Å². The second-order valence-corrected chi connectivity index (χ2v) is 11.8. The van der Waals surface area contributed by atoms with Gasteiger partial charge < -0.3 is 18.9 Å². The molecule has 0 spiro atoms. The van der Waals surface area contributed by atoms with Gasteiger partial charge in [-0.25, -0.2) is 14.8 Å². The summed E-state index contributed by atoms with van der Waals surface area (Å²) in [5.41, 5.74) is -0.471. The first-order chi connectivity index (χ1) is 16.2. The highest BCUT2D eigenvalue weighted by Gasteiger charge is 2.52. The zero-order chi connectivity index (χ0) is 25.8. The molecule has 0 radical (unpaired) electrons. The standard InChI is InChI=1S/C25H32BClN4O4/c1-22(2,3)33-21(32)31-10-8-25(14-28,9-11-31)20-16-12-18(27)17(13-19(16)29-15-30-20)26-34-23(4,5)24(6,7)35-26/h12-13,15H,8-11H2,1-7H3. The van der Waals surface area contributed by atoms with E-state index >= 15 is 0 Å². The third kappa shape index (κ3) is 4.72. The molecule has 4 rings (SSSR count). The van der Waals surface area contributed by atoms with Crippen molar-refractivity contribution < 1.29 is 18.8 Å². The van der Waals surface area contributed by atoms with E-state index in [2.05, 4.69) is 16.0 Å². The SMILES string of the molecule is CC(C)(C)OC(=O)N1CCC(C#N)(c2ncnc3cc(B4OC(C)(C)C(C)(C)O4)c(Cl)cc23)CC1. The summed E-state index contributed by atoms with van der Waals surface area (Å²) in [6.07, 6.45) is 1.97. The van der Waals surface area contributed by atoms with E-state index in [0.717, 1.165) is 0 Å². The molecule has 0 bridgehead atoms. The highest BCUT2D eigenvalue weighted by Crippen LogP contribution is 2.40. The fourth-order valence-corrected chi connectivity index (χ4v) is 4.68. The van der Waals surface area contributed by atoms with Crippen molar-refractivity contribution in [3.8, 4) is 6.07 Å². The molecule has 2 saturated heterocycles. The predicted octanol–water partition coefficient (Wildman–Crippen LogP) is 4.37. The summed E-state index contributed by atoms with van der Waals surface area (Å²) < 4.78 is 17.9. The average molecular weight is 499 g/mol. The van der Waals surface area contributed by atoms with Crippen LogP contribution in [0, 0.1) is 11.3 Å². The van der Waals surface area contributed by atoms with E-state index in [-0.39, 0.29) is 6.09 Å². The van der Waals surface area contributed by atoms with E-state index in [4.69, 9.17) is 25.6 Å². The lowest BCUT2D eigenvalue weighted by Gasteiger charge is -2.37. The molecule has 0 N–H and O–H groups in total. The van der Waals surface area contributed by atoms with Crippen LogP contribution in [0.3, 0.4) is 0 Å². The van der Waals surface area contributed by atoms with Crippen LogP contribution in [0.25, 0.3) is 10.9 Å². The molecule has 2 aromatic rings. The van der Waals surface area contributed by atoms with Gasteiger partial charge in [0.25, 0.3) is 0 Å². The summed E-state index contributed by atoms with van der Waals surface area (Å²) in [4.78, 5) is 23.1. The second kappa shape index (κ2) is 8.61. The van der Waals surface area contributed by atoms with Crippen molar-refractivity contribution in [1.29, 1.82) is 5.26 Å². The topological polar surface area (TPSA) is 97.6 Å². The predicted molar refractivity (Wildman–Crippen MR) is 135 cm³/mol. The molecule has 0 saturated carbocycles. The molecule has 10 heteroatoms. The van der Waals surface area contributed by atoms with Gasteiger partial charge in [-0.3, -0.25) is 0 Å². The Morgan fingerprint density at radius 3 is 2.29 bits per heavy atom. The number of fused-ring (bicyclic) bond motifs is 1. The van der Waals surface area contributed by atoms with Crippen molar-refractivity contribution in [1.82, 2.24) is 14.9 Å². The van der Waals surface area contributed by atoms with Crippen molar-refractivity contribution in [3.63, 3.8) is 0 Å². The molecule has 0 unspecified atom stereocenters. The number of halogens is 1. The van der Waals surface area contributed by atoms with E-state index in [1.165, 1.54) is 6.33 Å². The Kier molecular flexibility index (Phi) is 6.32. The minimum atomic E-state index is -0.866. The zero-order valence-electron chi connectivity index (χ0n) is 21.4. The van der Waals surface area contributed by atoms with Crippen molar-refractivity contribution in [2.24, 2.45) is 0 Å². The van der Waals surface area contributed by atoms with Gasteiger partial charge in [0.2, 0.25) is 0 Å². The lowest BCUT2D eigenvalue weighted by Crippen LogP contribution is -2.46. The number of rotatable bonds is 2. The summed E-state index contributed by atoms with van der Waals surface area (Å²) in [5, 5.41) is 11.4. The smallest absolute Gasteiger partial charge is 0.444 e. The molecule has 0 atom stereocenters. The number of hydrogen-bond donors (Lipinski definition) is 0. The number of amides is 1. The van der Waals surface area contributed by atoms with Crippen LogP contribution in [0.4, 0.5) is 4.79 Å². The van der Waals surface area contributed by atoms with Crippen LogP contribution in [0.15, 0.2) is 18.5 Å². The summed E-state index contributed by atoms with van der Waals surface area (Å²) in [6, 6.07) is 6.13. The number of likely N-dealkylation sites (tertiary alicyclic amines) is 1. The summed E-state index contributed by atoms with van der Waals surface area (Å²) >= 11 is 6.73. The normalized spacial score (nSPS) is 21.1. The fraction of sp³-hybridized carbons (Fsp3) is 0.600. The van der Waals surface area contributed by atoms with Crippen molar-refractivity contribution in [3.05, 3.63) is 29.2 Å². The molecule has 3 heterocycles. The molecular formula is C25H32BClN4O4. The maximum absolute atomic E-state index is 12.5. The lowest BCUT2D eigenvalue weighted by atomic mass is 9.74. The quantitative estimate of drug-likeness (QED) is 0.567. The number of benzene rings is 1. The number of carbonyl (C=O) groups excluding carboxylic acids is 1. The molecule has 1 amide bonds. The van der Waals surface area contributed by atoms with Crippen LogP contribution in [-0.2, 0) is 19.5 Å². The molecule has 35 heavy (non-hydrogen) atoms. The first-order valence-corrected chi connectivity index (χ1v) is 12.3. The van der Waals surface area contributed by atoms with Gasteiger partial charge in [0.1, 0.15) is 17.3 Å². The van der Waals surface area contributed by atoms with Crippen LogP contribution in [0.5, 0.6) is 0 Å². The number of aromatic nitrogens is 2. The van der Waals surface area contributed by atoms with Gasteiger partial charge in [0, 0.05) is 29.0 Å². The van der Waals surface area contributed by atoms with Gasteiger partial charge in [-0.15, -0.1) is 0 Å². The zero-order valence-corrected chi connectivity index (χ0v) is 22.2. The number of nitriles is 1. The third-order valence-electron chi connectivity index (χ3n) is 7.20. The van der Waals surface area contributed by atoms with Crippen molar-refractivity contribution >= 4 is 41.2 Å². The Bertz CT molecular complexity index is 1180. The second-order valence-electron chi connectivity index (χ2n) is 11.4. The molecule has 2 fully saturated rings. The summed E-state index contributed by atoms with van der Waals surface area (Å²) in [6.45, 7) is 14.3. The number of nitrogens with zero attached hydrogens (tertiary/aromatic N) is 4. The third-order valence-corrected chi connectivity index (χ3v) is 7.52. The van der Waals surface area contributed by atoms with Crippen LogP contribution < -0.4 is 5.46 Å². The first kappa shape index (κ1) is 25.7. The Labute approximate surface area is 212 Å². The van der Waals surface area contributed by atoms with Gasteiger partial charge >= 0.3 is 13.2 Å².